The van der Waals surface area contributed by atoms with Gasteiger partial charge >= 0.3 is 0 Å². The summed E-state index contributed by atoms with van der Waals surface area (Å²) in [7, 11) is 3.24. The number of nitrogen functional groups attached to an aromatic ring is 1. The maximum Gasteiger partial charge on any atom is 0.237 e. The number of fused-ring (bicyclic) bond motifs is 1. The van der Waals surface area contributed by atoms with Crippen molar-refractivity contribution in [3.8, 4) is 11.5 Å². The molecule has 0 radical (unpaired) electrons. The third kappa shape index (κ3) is 4.84. The van der Waals surface area contributed by atoms with Crippen molar-refractivity contribution in [2.45, 2.75) is 13.1 Å². The van der Waals surface area contributed by atoms with Gasteiger partial charge in [0, 0.05) is 37.8 Å². The average molecular weight is 433 g/mol. The molecular formula is C25H28N4O3. The molecule has 3 aromatic rings. The topological polar surface area (TPSA) is 91.9 Å². The van der Waals surface area contributed by atoms with Gasteiger partial charge in [-0.3, -0.25) is 15.1 Å². The van der Waals surface area contributed by atoms with E-state index in [9.17, 15) is 4.79 Å². The van der Waals surface area contributed by atoms with Crippen LogP contribution in [0.15, 0.2) is 54.6 Å². The Morgan fingerprint density at radius 1 is 0.906 bits per heavy atom. The van der Waals surface area contributed by atoms with E-state index in [-0.39, 0.29) is 11.7 Å². The smallest absolute Gasteiger partial charge is 0.237 e. The molecule has 0 spiro atoms. The number of nitrogens with two attached hydrogens (primary N) is 1. The molecule has 4 rings (SSSR count). The number of benzene rings is 3. The van der Waals surface area contributed by atoms with E-state index in [1.165, 1.54) is 0 Å². The van der Waals surface area contributed by atoms with Gasteiger partial charge in [-0.05, 0) is 46.2 Å². The summed E-state index contributed by atoms with van der Waals surface area (Å²) < 4.78 is 10.7. The van der Waals surface area contributed by atoms with Crippen LogP contribution in [0.5, 0.6) is 11.5 Å². The van der Waals surface area contributed by atoms with Crippen molar-refractivity contribution in [1.82, 2.24) is 9.80 Å². The number of carbonyl (C=O) groups excluding carboxylic acids is 1. The molecule has 7 nitrogen and oxygen atoms in total. The zero-order valence-corrected chi connectivity index (χ0v) is 18.4. The van der Waals surface area contributed by atoms with Crippen molar-refractivity contribution < 1.29 is 14.3 Å². The lowest BCUT2D eigenvalue weighted by Crippen LogP contribution is -2.49. The minimum absolute atomic E-state index is 0.0627. The maximum atomic E-state index is 12.8. The van der Waals surface area contributed by atoms with Crippen molar-refractivity contribution in [3.63, 3.8) is 0 Å². The Hall–Kier alpha value is -3.58. The number of amides is 1. The van der Waals surface area contributed by atoms with Gasteiger partial charge in [-0.25, -0.2) is 0 Å². The predicted octanol–water partition coefficient (Wildman–Crippen LogP) is 2.99. The van der Waals surface area contributed by atoms with Crippen LogP contribution < -0.4 is 15.2 Å². The van der Waals surface area contributed by atoms with Gasteiger partial charge in [0.05, 0.1) is 20.8 Å². The number of hydrogen-bond donors (Lipinski definition) is 2. The van der Waals surface area contributed by atoms with Gasteiger partial charge in [-0.15, -0.1) is 0 Å². The van der Waals surface area contributed by atoms with Crippen LogP contribution in [0, 0.1) is 5.41 Å². The average Bonchev–Trinajstić information content (AvgIpc) is 2.80. The van der Waals surface area contributed by atoms with Gasteiger partial charge in [0.1, 0.15) is 17.3 Å². The van der Waals surface area contributed by atoms with Crippen LogP contribution in [0.25, 0.3) is 10.8 Å². The molecule has 1 aliphatic heterocycles. The molecule has 0 bridgehead atoms. The fourth-order valence-electron chi connectivity index (χ4n) is 4.06. The van der Waals surface area contributed by atoms with E-state index in [0.29, 0.717) is 31.7 Å². The highest BCUT2D eigenvalue weighted by atomic mass is 16.5. The van der Waals surface area contributed by atoms with Crippen LogP contribution >= 0.6 is 0 Å². The largest absolute Gasteiger partial charge is 0.497 e. The number of methoxy groups -OCH3 is 2. The highest BCUT2D eigenvalue weighted by Crippen LogP contribution is 2.24. The number of nitrogens with one attached hydrogen (secondary N) is 1. The second kappa shape index (κ2) is 9.28. The first-order valence-corrected chi connectivity index (χ1v) is 10.5. The van der Waals surface area contributed by atoms with Crippen LogP contribution in [0.2, 0.25) is 0 Å². The van der Waals surface area contributed by atoms with E-state index < -0.39 is 0 Å². The van der Waals surface area contributed by atoms with Gasteiger partial charge in [0.2, 0.25) is 5.91 Å². The second-order valence-electron chi connectivity index (χ2n) is 8.06. The summed E-state index contributed by atoms with van der Waals surface area (Å²) in [6.45, 7) is 3.09. The molecule has 32 heavy (non-hydrogen) atoms. The first-order chi connectivity index (χ1) is 15.4. The molecule has 0 aliphatic carbocycles. The molecule has 0 saturated carbocycles. The van der Waals surface area contributed by atoms with Crippen molar-refractivity contribution in [3.05, 3.63) is 71.3 Å². The van der Waals surface area contributed by atoms with Crippen molar-refractivity contribution in [2.75, 3.05) is 33.9 Å². The Morgan fingerprint density at radius 2 is 1.62 bits per heavy atom. The van der Waals surface area contributed by atoms with Crippen LogP contribution in [0.3, 0.4) is 0 Å². The van der Waals surface area contributed by atoms with E-state index >= 15 is 0 Å². The quantitative estimate of drug-likeness (QED) is 0.442. The standard InChI is InChI=1S/C25H28N4O3/c1-31-22-10-18(11-23(13-22)32-2)15-29-8-7-28(16-24(29)30)14-17-3-4-19-5-6-20(25(26)27)12-21(19)9-17/h3-6,9-13H,7-8,14-16H2,1-2H3,(H3,26,27). The number of rotatable bonds is 7. The van der Waals surface area contributed by atoms with E-state index in [2.05, 4.69) is 23.1 Å². The number of piperazine rings is 1. The van der Waals surface area contributed by atoms with Crippen LogP contribution in [-0.2, 0) is 17.9 Å². The number of ether oxygens (including phenoxy) is 2. The summed E-state index contributed by atoms with van der Waals surface area (Å²) in [4.78, 5) is 16.9. The molecule has 0 aromatic heterocycles. The Balaban J connectivity index is 1.41. The summed E-state index contributed by atoms with van der Waals surface area (Å²) in [5, 5.41) is 9.80. The monoisotopic (exact) mass is 432 g/mol. The third-order valence-electron chi connectivity index (χ3n) is 5.80. The molecule has 7 heteroatoms. The number of hydrogen-bond acceptors (Lipinski definition) is 5. The van der Waals surface area contributed by atoms with Gasteiger partial charge in [-0.1, -0.05) is 24.3 Å². The van der Waals surface area contributed by atoms with E-state index in [1.54, 1.807) is 14.2 Å². The molecule has 166 valence electrons. The lowest BCUT2D eigenvalue weighted by Gasteiger charge is -2.34. The Kier molecular flexibility index (Phi) is 6.28. The Morgan fingerprint density at radius 3 is 2.28 bits per heavy atom. The zero-order chi connectivity index (χ0) is 22.7. The summed E-state index contributed by atoms with van der Waals surface area (Å²) in [6.07, 6.45) is 0. The molecule has 3 N–H and O–H groups in total. The predicted molar refractivity (Wildman–Crippen MR) is 125 cm³/mol. The molecule has 1 fully saturated rings. The minimum Gasteiger partial charge on any atom is -0.497 e. The van der Waals surface area contributed by atoms with Crippen molar-refractivity contribution in [2.24, 2.45) is 5.73 Å². The normalized spacial score (nSPS) is 14.6. The lowest BCUT2D eigenvalue weighted by atomic mass is 10.0. The number of nitrogens with zero attached hydrogens (tertiary/aromatic N) is 2. The van der Waals surface area contributed by atoms with Gasteiger partial charge < -0.3 is 20.1 Å². The van der Waals surface area contributed by atoms with Gasteiger partial charge in [0.15, 0.2) is 0 Å². The number of amidine groups is 1. The van der Waals surface area contributed by atoms with Crippen LogP contribution in [0.4, 0.5) is 0 Å². The maximum absolute atomic E-state index is 12.8. The number of carbonyl (C=O) groups is 1. The van der Waals surface area contributed by atoms with Crippen molar-refractivity contribution in [1.29, 1.82) is 5.41 Å². The van der Waals surface area contributed by atoms with Gasteiger partial charge in [0.25, 0.3) is 0 Å². The summed E-state index contributed by atoms with van der Waals surface area (Å²) in [6, 6.07) is 17.8. The highest BCUT2D eigenvalue weighted by Gasteiger charge is 2.24. The molecule has 1 aliphatic rings. The first kappa shape index (κ1) is 21.6. The van der Waals surface area contributed by atoms with E-state index in [1.807, 2.05) is 41.3 Å². The fourth-order valence-corrected chi connectivity index (χ4v) is 4.06. The zero-order valence-electron chi connectivity index (χ0n) is 18.4. The Labute approximate surface area is 187 Å². The fraction of sp³-hybridized carbons (Fsp3) is 0.280. The summed E-state index contributed by atoms with van der Waals surface area (Å²) in [5.74, 6) is 1.61. The summed E-state index contributed by atoms with van der Waals surface area (Å²) in [5.41, 5.74) is 8.46. The molecule has 3 aromatic carbocycles. The summed E-state index contributed by atoms with van der Waals surface area (Å²) >= 11 is 0. The van der Waals surface area contributed by atoms with Crippen LogP contribution in [-0.4, -0.2) is 55.4 Å². The third-order valence-corrected chi connectivity index (χ3v) is 5.80. The SMILES string of the molecule is COc1cc(CN2CCN(Cc3ccc4ccc(C(=N)N)cc4c3)CC2=O)cc(OC)c1. The van der Waals surface area contributed by atoms with E-state index in [0.717, 1.165) is 39.9 Å². The highest BCUT2D eigenvalue weighted by molar-refractivity contribution is 5.99. The lowest BCUT2D eigenvalue weighted by molar-refractivity contribution is -0.136. The Bertz CT molecular complexity index is 1140. The van der Waals surface area contributed by atoms with E-state index in [4.69, 9.17) is 20.6 Å². The molecule has 1 saturated heterocycles. The first-order valence-electron chi connectivity index (χ1n) is 10.5. The van der Waals surface area contributed by atoms with Crippen molar-refractivity contribution >= 4 is 22.5 Å². The van der Waals surface area contributed by atoms with Crippen LogP contribution in [0.1, 0.15) is 16.7 Å². The molecule has 0 atom stereocenters. The van der Waals surface area contributed by atoms with Gasteiger partial charge in [-0.2, -0.15) is 0 Å². The molecular weight excluding hydrogens is 404 g/mol. The minimum atomic E-state index is 0.0627. The second-order valence-corrected chi connectivity index (χ2v) is 8.06. The molecule has 1 heterocycles. The molecule has 1 amide bonds. The molecule has 0 unspecified atom stereocenters.